The van der Waals surface area contributed by atoms with Crippen molar-refractivity contribution in [1.82, 2.24) is 9.78 Å². The number of rotatable bonds is 6. The summed E-state index contributed by atoms with van der Waals surface area (Å²) in [5, 5.41) is 7.46. The zero-order valence-corrected chi connectivity index (χ0v) is 20.4. The van der Waals surface area contributed by atoms with Crippen LogP contribution in [0.5, 0.6) is 0 Å². The van der Waals surface area contributed by atoms with Gasteiger partial charge in [-0.2, -0.15) is 5.10 Å². The number of aryl methyl sites for hydroxylation is 1. The predicted molar refractivity (Wildman–Crippen MR) is 137 cm³/mol. The van der Waals surface area contributed by atoms with Crippen molar-refractivity contribution in [1.29, 1.82) is 0 Å². The van der Waals surface area contributed by atoms with E-state index in [0.29, 0.717) is 29.9 Å². The van der Waals surface area contributed by atoms with Crippen molar-refractivity contribution in [2.75, 3.05) is 11.6 Å². The van der Waals surface area contributed by atoms with Crippen molar-refractivity contribution >= 4 is 27.3 Å². The number of nitrogens with one attached hydrogen (secondary N) is 1. The van der Waals surface area contributed by atoms with E-state index in [0.717, 1.165) is 28.5 Å². The third-order valence-corrected chi connectivity index (χ3v) is 7.36. The molecule has 1 aliphatic carbocycles. The van der Waals surface area contributed by atoms with Gasteiger partial charge in [0.25, 0.3) is 5.91 Å². The van der Waals surface area contributed by atoms with Gasteiger partial charge in [0.2, 0.25) is 5.91 Å². The summed E-state index contributed by atoms with van der Waals surface area (Å²) in [4.78, 5) is 25.0. The van der Waals surface area contributed by atoms with Crippen molar-refractivity contribution < 1.29 is 18.0 Å². The van der Waals surface area contributed by atoms with Crippen LogP contribution in [-0.4, -0.2) is 36.3 Å². The number of aromatic nitrogens is 2. The number of hydrogen-bond donors (Lipinski definition) is 2. The van der Waals surface area contributed by atoms with Gasteiger partial charge < -0.3 is 11.1 Å². The minimum absolute atomic E-state index is 0.139. The molecule has 5 rings (SSSR count). The highest BCUT2D eigenvalue weighted by molar-refractivity contribution is 7.90. The Bertz CT molecular complexity index is 1590. The molecule has 2 amide bonds. The summed E-state index contributed by atoms with van der Waals surface area (Å²) in [6, 6.07) is 21.5. The SMILES string of the molecule is CS(=O)(=O)c1ccc(-n2nc(C(N)=O)c3c2-c2cc(NC(=O)Cc4ccccc4)ccc2CC3)cc1. The quantitative estimate of drug-likeness (QED) is 0.420. The third-order valence-electron chi connectivity index (χ3n) is 6.23. The first kappa shape index (κ1) is 23.5. The zero-order valence-electron chi connectivity index (χ0n) is 19.6. The number of fused-ring (bicyclic) bond motifs is 3. The Kier molecular flexibility index (Phi) is 5.93. The van der Waals surface area contributed by atoms with E-state index < -0.39 is 15.7 Å². The summed E-state index contributed by atoms with van der Waals surface area (Å²) >= 11 is 0. The fourth-order valence-electron chi connectivity index (χ4n) is 4.52. The van der Waals surface area contributed by atoms with E-state index >= 15 is 0 Å². The first-order chi connectivity index (χ1) is 17.2. The van der Waals surface area contributed by atoms with Gasteiger partial charge in [-0.25, -0.2) is 13.1 Å². The van der Waals surface area contributed by atoms with E-state index in [1.165, 1.54) is 12.1 Å². The summed E-state index contributed by atoms with van der Waals surface area (Å²) in [5.41, 5.74) is 11.3. The fraction of sp³-hybridized carbons (Fsp3) is 0.148. The fourth-order valence-corrected chi connectivity index (χ4v) is 5.15. The number of benzene rings is 3. The Morgan fingerprint density at radius 3 is 2.39 bits per heavy atom. The van der Waals surface area contributed by atoms with Gasteiger partial charge in [-0.3, -0.25) is 9.59 Å². The van der Waals surface area contributed by atoms with Gasteiger partial charge in [0.05, 0.1) is 22.7 Å². The van der Waals surface area contributed by atoms with Crippen molar-refractivity contribution in [3.8, 4) is 16.9 Å². The summed E-state index contributed by atoms with van der Waals surface area (Å²) in [7, 11) is -3.36. The molecule has 1 aromatic heterocycles. The molecule has 1 heterocycles. The molecule has 0 saturated heterocycles. The molecule has 0 spiro atoms. The van der Waals surface area contributed by atoms with Crippen LogP contribution in [0, 0.1) is 0 Å². The molecule has 4 aromatic rings. The Balaban J connectivity index is 1.55. The maximum absolute atomic E-state index is 12.7. The van der Waals surface area contributed by atoms with E-state index in [1.54, 1.807) is 16.8 Å². The summed E-state index contributed by atoms with van der Waals surface area (Å²) in [6.07, 6.45) is 2.67. The second-order valence-electron chi connectivity index (χ2n) is 8.80. The lowest BCUT2D eigenvalue weighted by molar-refractivity contribution is -0.115. The van der Waals surface area contributed by atoms with E-state index in [1.807, 2.05) is 48.5 Å². The number of hydrogen-bond acceptors (Lipinski definition) is 5. The monoisotopic (exact) mass is 500 g/mol. The number of anilines is 1. The molecule has 1 aliphatic rings. The molecule has 8 nitrogen and oxygen atoms in total. The van der Waals surface area contributed by atoms with Gasteiger partial charge in [-0.05, 0) is 60.4 Å². The first-order valence-electron chi connectivity index (χ1n) is 11.4. The average molecular weight is 501 g/mol. The van der Waals surface area contributed by atoms with Crippen LogP contribution in [0.25, 0.3) is 16.9 Å². The largest absolute Gasteiger partial charge is 0.364 e. The molecule has 0 bridgehead atoms. The van der Waals surface area contributed by atoms with Crippen LogP contribution in [0.2, 0.25) is 0 Å². The molecule has 0 unspecified atom stereocenters. The molecule has 3 aromatic carbocycles. The summed E-state index contributed by atoms with van der Waals surface area (Å²) < 4.78 is 25.4. The highest BCUT2D eigenvalue weighted by atomic mass is 32.2. The minimum atomic E-state index is -3.36. The minimum Gasteiger partial charge on any atom is -0.364 e. The van der Waals surface area contributed by atoms with Gasteiger partial charge in [-0.15, -0.1) is 0 Å². The van der Waals surface area contributed by atoms with Crippen molar-refractivity contribution in [2.24, 2.45) is 5.73 Å². The maximum Gasteiger partial charge on any atom is 0.269 e. The lowest BCUT2D eigenvalue weighted by atomic mass is 9.88. The van der Waals surface area contributed by atoms with Crippen LogP contribution >= 0.6 is 0 Å². The first-order valence-corrected chi connectivity index (χ1v) is 13.3. The number of amides is 2. The summed E-state index contributed by atoms with van der Waals surface area (Å²) in [6.45, 7) is 0. The molecule has 3 N–H and O–H groups in total. The zero-order chi connectivity index (χ0) is 25.4. The molecule has 36 heavy (non-hydrogen) atoms. The van der Waals surface area contributed by atoms with E-state index in [9.17, 15) is 18.0 Å². The van der Waals surface area contributed by atoms with Crippen LogP contribution in [0.1, 0.15) is 27.2 Å². The lowest BCUT2D eigenvalue weighted by Crippen LogP contribution is -2.16. The smallest absolute Gasteiger partial charge is 0.269 e. The van der Waals surface area contributed by atoms with Gasteiger partial charge in [0.1, 0.15) is 0 Å². The standard InChI is InChI=1S/C27H24N4O4S/c1-36(34,35)21-12-10-20(11-13-21)31-26-22(25(30-31)27(28)33)14-8-18-7-9-19(16-23(18)26)29-24(32)15-17-5-3-2-4-6-17/h2-7,9-13,16H,8,14-15H2,1H3,(H2,28,33)(H,29,32). The maximum atomic E-state index is 12.7. The Morgan fingerprint density at radius 2 is 1.72 bits per heavy atom. The van der Waals surface area contributed by atoms with Gasteiger partial charge in [0, 0.05) is 23.1 Å². The highest BCUT2D eigenvalue weighted by Gasteiger charge is 2.28. The molecule has 0 atom stereocenters. The summed E-state index contributed by atoms with van der Waals surface area (Å²) in [5.74, 6) is -0.770. The second kappa shape index (κ2) is 9.09. The molecule has 0 radical (unpaired) electrons. The van der Waals surface area contributed by atoms with Crippen molar-refractivity contribution in [3.05, 3.63) is 95.2 Å². The van der Waals surface area contributed by atoms with Crippen molar-refractivity contribution in [3.63, 3.8) is 0 Å². The van der Waals surface area contributed by atoms with Crippen LogP contribution in [0.3, 0.4) is 0 Å². The number of carbonyl (C=O) groups is 2. The number of nitrogens with two attached hydrogens (primary N) is 1. The Hall–Kier alpha value is -4.24. The van der Waals surface area contributed by atoms with Crippen molar-refractivity contribution in [2.45, 2.75) is 24.2 Å². The van der Waals surface area contributed by atoms with E-state index in [-0.39, 0.29) is 22.9 Å². The second-order valence-corrected chi connectivity index (χ2v) is 10.8. The molecule has 9 heteroatoms. The molecule has 0 saturated carbocycles. The van der Waals surface area contributed by atoms with Gasteiger partial charge in [0.15, 0.2) is 15.5 Å². The molecular formula is C27H24N4O4S. The third kappa shape index (κ3) is 4.52. The lowest BCUT2D eigenvalue weighted by Gasteiger charge is -2.20. The Morgan fingerprint density at radius 1 is 1.00 bits per heavy atom. The van der Waals surface area contributed by atoms with Crippen LogP contribution in [0.15, 0.2) is 77.7 Å². The molecule has 182 valence electrons. The Labute approximate surface area is 208 Å². The van der Waals surface area contributed by atoms with Gasteiger partial charge in [-0.1, -0.05) is 36.4 Å². The highest BCUT2D eigenvalue weighted by Crippen LogP contribution is 2.38. The number of nitrogens with zero attached hydrogens (tertiary/aromatic N) is 2. The normalized spacial score (nSPS) is 12.5. The molecule has 0 aliphatic heterocycles. The van der Waals surface area contributed by atoms with E-state index in [2.05, 4.69) is 10.4 Å². The van der Waals surface area contributed by atoms with Crippen LogP contribution < -0.4 is 11.1 Å². The average Bonchev–Trinajstić information content (AvgIpc) is 3.25. The number of primary amides is 1. The molecule has 0 fully saturated rings. The number of sulfone groups is 1. The van der Waals surface area contributed by atoms with Crippen LogP contribution in [-0.2, 0) is 33.9 Å². The van der Waals surface area contributed by atoms with Crippen LogP contribution in [0.4, 0.5) is 5.69 Å². The van der Waals surface area contributed by atoms with Gasteiger partial charge >= 0.3 is 0 Å². The predicted octanol–water partition coefficient (Wildman–Crippen LogP) is 3.32. The molecular weight excluding hydrogens is 476 g/mol. The number of carbonyl (C=O) groups excluding carboxylic acids is 2. The topological polar surface area (TPSA) is 124 Å². The van der Waals surface area contributed by atoms with E-state index in [4.69, 9.17) is 5.73 Å².